The summed E-state index contributed by atoms with van der Waals surface area (Å²) in [5, 5.41) is 13.9. The van der Waals surface area contributed by atoms with Crippen LogP contribution in [0, 0.1) is 17.2 Å². The fourth-order valence-corrected chi connectivity index (χ4v) is 5.37. The highest BCUT2D eigenvalue weighted by Gasteiger charge is 2.30. The highest BCUT2D eigenvalue weighted by molar-refractivity contribution is 6.14. The molecule has 11 heteroatoms. The first-order valence-corrected chi connectivity index (χ1v) is 14.8. The van der Waals surface area contributed by atoms with Gasteiger partial charge >= 0.3 is 6.09 Å². The number of carbonyl (C=O) groups excluding carboxylic acids is 4. The molecule has 0 aromatic heterocycles. The summed E-state index contributed by atoms with van der Waals surface area (Å²) < 4.78 is 5.43. The monoisotopic (exact) mass is 560 g/mol. The molecule has 2 aliphatic heterocycles. The number of unbranched alkanes of at least 4 members (excludes halogenated alkanes) is 2. The second-order valence-corrected chi connectivity index (χ2v) is 12.1. The van der Waals surface area contributed by atoms with Gasteiger partial charge in [0.2, 0.25) is 11.8 Å². The number of hydrogen-bond acceptors (Lipinski definition) is 7. The maximum absolute atomic E-state index is 12.5. The number of hydrogen-bond donors (Lipinski definition) is 3. The molecule has 40 heavy (non-hydrogen) atoms. The molecule has 0 atom stereocenters. The van der Waals surface area contributed by atoms with Crippen LogP contribution in [0.2, 0.25) is 0 Å². The minimum absolute atomic E-state index is 0.0224. The molecule has 224 valence electrons. The van der Waals surface area contributed by atoms with Gasteiger partial charge in [-0.1, -0.05) is 6.42 Å². The van der Waals surface area contributed by atoms with Crippen molar-refractivity contribution in [3.05, 3.63) is 12.2 Å². The van der Waals surface area contributed by atoms with Crippen molar-refractivity contribution >= 4 is 29.7 Å². The third-order valence-electron chi connectivity index (χ3n) is 7.75. The molecule has 3 rings (SSSR count). The van der Waals surface area contributed by atoms with Crippen LogP contribution in [0.25, 0.3) is 0 Å². The molecule has 0 bridgehead atoms. The summed E-state index contributed by atoms with van der Waals surface area (Å²) in [7, 11) is 0. The van der Waals surface area contributed by atoms with Gasteiger partial charge in [0.05, 0.1) is 0 Å². The number of nitrogens with one attached hydrogen (secondary N) is 3. The summed E-state index contributed by atoms with van der Waals surface area (Å²) in [5.41, 5.74) is -0.490. The number of rotatable bonds is 12. The average Bonchev–Trinajstić information content (AvgIpc) is 3.22. The van der Waals surface area contributed by atoms with Crippen molar-refractivity contribution in [2.24, 2.45) is 11.8 Å². The van der Waals surface area contributed by atoms with E-state index < -0.39 is 5.60 Å². The molecular weight excluding hydrogens is 512 g/mol. The normalized spacial score (nSPS) is 22.0. The number of ether oxygens (including phenoxy) is 1. The third-order valence-corrected chi connectivity index (χ3v) is 7.75. The zero-order valence-electron chi connectivity index (χ0n) is 24.5. The minimum Gasteiger partial charge on any atom is -0.444 e. The van der Waals surface area contributed by atoms with E-state index in [1.54, 1.807) is 4.90 Å². The highest BCUT2D eigenvalue weighted by Crippen LogP contribution is 2.30. The lowest BCUT2D eigenvalue weighted by atomic mass is 9.81. The number of amidine groups is 1. The number of piperazine rings is 1. The number of carbonyl (C=O) groups is 4. The fourth-order valence-electron chi connectivity index (χ4n) is 5.37. The van der Waals surface area contributed by atoms with E-state index in [0.717, 1.165) is 64.6 Å². The zero-order valence-corrected chi connectivity index (χ0v) is 24.5. The van der Waals surface area contributed by atoms with Crippen molar-refractivity contribution in [2.75, 3.05) is 52.4 Å². The molecule has 1 aliphatic carbocycles. The van der Waals surface area contributed by atoms with E-state index in [2.05, 4.69) is 15.5 Å². The van der Waals surface area contributed by atoms with E-state index in [1.165, 1.54) is 17.1 Å². The van der Waals surface area contributed by atoms with Crippen molar-refractivity contribution in [1.29, 1.82) is 5.41 Å². The topological polar surface area (TPSA) is 135 Å². The number of nitrogens with zero attached hydrogens (tertiary/aromatic N) is 3. The van der Waals surface area contributed by atoms with Gasteiger partial charge in [0.1, 0.15) is 11.4 Å². The molecule has 0 aromatic rings. The SMILES string of the molecule is CC(C)(C)OC(=O)N1CCN(CCNC(=O)CCCCCNC(=O)C2CCC(CN3C(=N)C=CC3=O)CC2)CC1. The van der Waals surface area contributed by atoms with Crippen molar-refractivity contribution in [3.63, 3.8) is 0 Å². The molecule has 2 heterocycles. The molecular formula is C29H48N6O5. The molecule has 4 amide bonds. The first kappa shape index (κ1) is 31.6. The number of amides is 4. The molecule has 0 spiro atoms. The molecule has 1 saturated carbocycles. The Hall–Kier alpha value is -2.95. The quantitative estimate of drug-likeness (QED) is 0.314. The lowest BCUT2D eigenvalue weighted by molar-refractivity contribution is -0.127. The van der Waals surface area contributed by atoms with Crippen LogP contribution in [-0.4, -0.2) is 102 Å². The largest absolute Gasteiger partial charge is 0.444 e. The molecule has 2 fully saturated rings. The van der Waals surface area contributed by atoms with E-state index in [9.17, 15) is 19.2 Å². The van der Waals surface area contributed by atoms with Crippen molar-refractivity contribution in [3.8, 4) is 0 Å². The van der Waals surface area contributed by atoms with Gasteiger partial charge in [-0.25, -0.2) is 4.79 Å². The average molecular weight is 561 g/mol. The van der Waals surface area contributed by atoms with Crippen LogP contribution in [0.1, 0.15) is 72.1 Å². The summed E-state index contributed by atoms with van der Waals surface area (Å²) >= 11 is 0. The fraction of sp³-hybridized carbons (Fsp3) is 0.759. The first-order chi connectivity index (χ1) is 19.0. The molecule has 3 N–H and O–H groups in total. The Bertz CT molecular complexity index is 912. The summed E-state index contributed by atoms with van der Waals surface area (Å²) in [6, 6.07) is 0. The minimum atomic E-state index is -0.490. The Morgan fingerprint density at radius 1 is 0.950 bits per heavy atom. The predicted octanol–water partition coefficient (Wildman–Crippen LogP) is 2.51. The van der Waals surface area contributed by atoms with Crippen LogP contribution in [0.5, 0.6) is 0 Å². The van der Waals surface area contributed by atoms with E-state index in [1.807, 2.05) is 20.8 Å². The van der Waals surface area contributed by atoms with E-state index in [4.69, 9.17) is 10.1 Å². The van der Waals surface area contributed by atoms with E-state index in [-0.39, 0.29) is 35.6 Å². The first-order valence-electron chi connectivity index (χ1n) is 14.8. The van der Waals surface area contributed by atoms with Gasteiger partial charge in [-0.05, 0) is 71.3 Å². The van der Waals surface area contributed by atoms with Gasteiger partial charge in [0.15, 0.2) is 0 Å². The van der Waals surface area contributed by atoms with Gasteiger partial charge < -0.3 is 20.3 Å². The molecule has 0 aromatic carbocycles. The summed E-state index contributed by atoms with van der Waals surface area (Å²) in [4.78, 5) is 54.2. The molecule has 0 unspecified atom stereocenters. The van der Waals surface area contributed by atoms with Crippen LogP contribution in [-0.2, 0) is 19.1 Å². The highest BCUT2D eigenvalue weighted by atomic mass is 16.6. The van der Waals surface area contributed by atoms with Gasteiger partial charge in [-0.2, -0.15) is 0 Å². The van der Waals surface area contributed by atoms with Crippen molar-refractivity contribution in [2.45, 2.75) is 77.7 Å². The Labute approximate surface area is 238 Å². The second-order valence-electron chi connectivity index (χ2n) is 12.1. The van der Waals surface area contributed by atoms with E-state index in [0.29, 0.717) is 45.1 Å². The van der Waals surface area contributed by atoms with E-state index >= 15 is 0 Å². The smallest absolute Gasteiger partial charge is 0.410 e. The van der Waals surface area contributed by atoms with Crippen LogP contribution in [0.4, 0.5) is 4.79 Å². The van der Waals surface area contributed by atoms with Gasteiger partial charge in [0, 0.05) is 70.8 Å². The molecule has 1 saturated heterocycles. The lowest BCUT2D eigenvalue weighted by Crippen LogP contribution is -2.51. The maximum Gasteiger partial charge on any atom is 0.410 e. The Balaban J connectivity index is 1.15. The standard InChI is InChI=1S/C29H48N6O5/c1-29(2,3)40-28(39)34-19-17-33(18-20-34)16-15-31-25(36)7-5-4-6-14-32-27(38)23-10-8-22(9-11-23)21-35-24(30)12-13-26(35)37/h12-13,22-23,30H,4-11,14-21H2,1-3H3,(H,31,36)(H,32,38). The Morgan fingerprint density at radius 3 is 2.27 bits per heavy atom. The van der Waals surface area contributed by atoms with Crippen molar-refractivity contribution in [1.82, 2.24) is 25.3 Å². The lowest BCUT2D eigenvalue weighted by Gasteiger charge is -2.35. The van der Waals surface area contributed by atoms with Crippen LogP contribution in [0.15, 0.2) is 12.2 Å². The summed E-state index contributed by atoms with van der Waals surface area (Å²) in [5.74, 6) is 0.663. The summed E-state index contributed by atoms with van der Waals surface area (Å²) in [6.45, 7) is 11.0. The predicted molar refractivity (Wildman–Crippen MR) is 153 cm³/mol. The van der Waals surface area contributed by atoms with Crippen molar-refractivity contribution < 1.29 is 23.9 Å². The van der Waals surface area contributed by atoms with Crippen LogP contribution in [0.3, 0.4) is 0 Å². The van der Waals surface area contributed by atoms with Crippen LogP contribution >= 0.6 is 0 Å². The van der Waals surface area contributed by atoms with Gasteiger partial charge in [-0.15, -0.1) is 0 Å². The molecule has 0 radical (unpaired) electrons. The second kappa shape index (κ2) is 15.2. The van der Waals surface area contributed by atoms with Gasteiger partial charge in [-0.3, -0.25) is 29.6 Å². The summed E-state index contributed by atoms with van der Waals surface area (Å²) in [6.07, 6.45) is 9.15. The van der Waals surface area contributed by atoms with Crippen LogP contribution < -0.4 is 10.6 Å². The maximum atomic E-state index is 12.5. The Kier molecular flexibility index (Phi) is 12.0. The third kappa shape index (κ3) is 10.6. The molecule has 11 nitrogen and oxygen atoms in total. The molecule has 3 aliphatic rings. The zero-order chi connectivity index (χ0) is 29.1. The Morgan fingerprint density at radius 2 is 1.65 bits per heavy atom. The van der Waals surface area contributed by atoms with Gasteiger partial charge in [0.25, 0.3) is 5.91 Å².